The predicted molar refractivity (Wildman–Crippen MR) is 102 cm³/mol. The second-order valence-electron chi connectivity index (χ2n) is 7.83. The van der Waals surface area contributed by atoms with E-state index in [2.05, 4.69) is 26.1 Å². The van der Waals surface area contributed by atoms with E-state index in [1.807, 2.05) is 31.2 Å². The molecule has 1 saturated heterocycles. The quantitative estimate of drug-likeness (QED) is 0.869. The number of hydrogen-bond acceptors (Lipinski definition) is 3. The van der Waals surface area contributed by atoms with Gasteiger partial charge in [-0.05, 0) is 42.4 Å². The first kappa shape index (κ1) is 19.9. The molecule has 1 aromatic rings. The average molecular weight is 367 g/mol. The van der Waals surface area contributed by atoms with Crippen LogP contribution in [0.5, 0.6) is 0 Å². The Bertz CT molecular complexity index is 690. The van der Waals surface area contributed by atoms with Crippen LogP contribution >= 0.6 is 0 Å². The van der Waals surface area contributed by atoms with Gasteiger partial charge in [0.1, 0.15) is 0 Å². The second-order valence-corrected chi connectivity index (χ2v) is 9.92. The maximum atomic E-state index is 12.5. The minimum Gasteiger partial charge on any atom is -0.326 e. The summed E-state index contributed by atoms with van der Waals surface area (Å²) in [5.41, 5.74) is 2.03. The number of nitrogens with zero attached hydrogens (tertiary/aromatic N) is 1. The molecule has 0 aliphatic carbocycles. The summed E-state index contributed by atoms with van der Waals surface area (Å²) in [6.07, 6.45) is 2.05. The highest BCUT2D eigenvalue weighted by Gasteiger charge is 2.31. The van der Waals surface area contributed by atoms with Crippen molar-refractivity contribution in [1.82, 2.24) is 4.31 Å². The van der Waals surface area contributed by atoms with Crippen LogP contribution in [0.15, 0.2) is 24.3 Å². The number of nitrogens with one attached hydrogen (secondary N) is 1. The summed E-state index contributed by atoms with van der Waals surface area (Å²) >= 11 is 0. The van der Waals surface area contributed by atoms with E-state index in [1.54, 1.807) is 0 Å². The molecule has 0 radical (unpaired) electrons. The van der Waals surface area contributed by atoms with Crippen LogP contribution in [0.1, 0.15) is 52.5 Å². The van der Waals surface area contributed by atoms with Gasteiger partial charge in [-0.25, -0.2) is 12.7 Å². The van der Waals surface area contributed by atoms with Crippen LogP contribution in [0, 0.1) is 5.92 Å². The first-order chi connectivity index (χ1) is 11.6. The molecule has 1 aliphatic heterocycles. The maximum Gasteiger partial charge on any atom is 0.228 e. The van der Waals surface area contributed by atoms with Gasteiger partial charge in [-0.2, -0.15) is 0 Å². The zero-order valence-corrected chi connectivity index (χ0v) is 16.5. The van der Waals surface area contributed by atoms with Crippen LogP contribution in [-0.4, -0.2) is 37.5 Å². The highest BCUT2D eigenvalue weighted by molar-refractivity contribution is 7.89. The van der Waals surface area contributed by atoms with Crippen LogP contribution in [0.3, 0.4) is 0 Å². The highest BCUT2D eigenvalue weighted by atomic mass is 32.2. The number of anilines is 1. The number of carbonyl (C=O) groups is 1. The fourth-order valence-electron chi connectivity index (χ4n) is 3.09. The molecule has 25 heavy (non-hydrogen) atoms. The van der Waals surface area contributed by atoms with Crippen molar-refractivity contribution in [2.45, 2.75) is 52.4 Å². The Labute approximate surface area is 151 Å². The Morgan fingerprint density at radius 1 is 1.24 bits per heavy atom. The fourth-order valence-corrected chi connectivity index (χ4v) is 4.68. The summed E-state index contributed by atoms with van der Waals surface area (Å²) in [6, 6.07) is 7.86. The minimum absolute atomic E-state index is 0.0695. The molecule has 140 valence electrons. The number of benzene rings is 1. The SMILES string of the molecule is CCCS(=O)(=O)N1CCCC(C(=O)Nc2ccc(C(C)(C)C)cc2)C1. The number of carbonyl (C=O) groups excluding carboxylic acids is 1. The van der Waals surface area contributed by atoms with E-state index >= 15 is 0 Å². The summed E-state index contributed by atoms with van der Waals surface area (Å²) in [5, 5.41) is 2.93. The van der Waals surface area contributed by atoms with Crippen LogP contribution in [0.25, 0.3) is 0 Å². The largest absolute Gasteiger partial charge is 0.326 e. The zero-order valence-electron chi connectivity index (χ0n) is 15.7. The summed E-state index contributed by atoms with van der Waals surface area (Å²) in [6.45, 7) is 9.10. The van der Waals surface area contributed by atoms with Crippen molar-refractivity contribution in [2.75, 3.05) is 24.2 Å². The first-order valence-corrected chi connectivity index (χ1v) is 10.6. The van der Waals surface area contributed by atoms with Crippen molar-refractivity contribution in [1.29, 1.82) is 0 Å². The van der Waals surface area contributed by atoms with Gasteiger partial charge < -0.3 is 5.32 Å². The third kappa shape index (κ3) is 5.28. The molecule has 1 aliphatic rings. The lowest BCUT2D eigenvalue weighted by Gasteiger charge is -2.31. The van der Waals surface area contributed by atoms with Gasteiger partial charge in [-0.1, -0.05) is 39.8 Å². The van der Waals surface area contributed by atoms with E-state index in [-0.39, 0.29) is 29.5 Å². The monoisotopic (exact) mass is 366 g/mol. The normalized spacial score (nSPS) is 19.6. The molecule has 1 N–H and O–H groups in total. The van der Waals surface area contributed by atoms with Crippen molar-refractivity contribution in [3.63, 3.8) is 0 Å². The van der Waals surface area contributed by atoms with Gasteiger partial charge in [0.05, 0.1) is 11.7 Å². The van der Waals surface area contributed by atoms with E-state index in [1.165, 1.54) is 9.87 Å². The van der Waals surface area contributed by atoms with E-state index in [9.17, 15) is 13.2 Å². The molecule has 0 spiro atoms. The smallest absolute Gasteiger partial charge is 0.228 e. The number of hydrogen-bond donors (Lipinski definition) is 1. The van der Waals surface area contributed by atoms with Gasteiger partial charge in [-0.15, -0.1) is 0 Å². The summed E-state index contributed by atoms with van der Waals surface area (Å²) in [5.74, 6) is -0.238. The van der Waals surface area contributed by atoms with Crippen molar-refractivity contribution in [3.8, 4) is 0 Å². The lowest BCUT2D eigenvalue weighted by Crippen LogP contribution is -2.44. The van der Waals surface area contributed by atoms with Gasteiger partial charge in [-0.3, -0.25) is 4.79 Å². The van der Waals surface area contributed by atoms with E-state index in [0.717, 1.165) is 18.5 Å². The standard InChI is InChI=1S/C19H30N2O3S/c1-5-13-25(23,24)21-12-6-7-15(14-21)18(22)20-17-10-8-16(9-11-17)19(2,3)4/h8-11,15H,5-7,12-14H2,1-4H3,(H,20,22). The molecule has 0 saturated carbocycles. The Hall–Kier alpha value is -1.40. The third-order valence-corrected chi connectivity index (χ3v) is 6.67. The molecule has 0 aromatic heterocycles. The van der Waals surface area contributed by atoms with Crippen LogP contribution in [0.2, 0.25) is 0 Å². The van der Waals surface area contributed by atoms with Gasteiger partial charge in [0.25, 0.3) is 0 Å². The molecule has 5 nitrogen and oxygen atoms in total. The Kier molecular flexibility index (Phi) is 6.27. The van der Waals surface area contributed by atoms with Crippen LogP contribution in [-0.2, 0) is 20.2 Å². The van der Waals surface area contributed by atoms with E-state index < -0.39 is 10.0 Å². The second kappa shape index (κ2) is 7.87. The van der Waals surface area contributed by atoms with E-state index in [4.69, 9.17) is 0 Å². The predicted octanol–water partition coefficient (Wildman–Crippen LogP) is 3.37. The van der Waals surface area contributed by atoms with Crippen LogP contribution < -0.4 is 5.32 Å². The van der Waals surface area contributed by atoms with Crippen molar-refractivity contribution in [3.05, 3.63) is 29.8 Å². The lowest BCUT2D eigenvalue weighted by atomic mass is 9.87. The van der Waals surface area contributed by atoms with Crippen LogP contribution in [0.4, 0.5) is 5.69 Å². The maximum absolute atomic E-state index is 12.5. The molecule has 0 bridgehead atoms. The number of sulfonamides is 1. The summed E-state index contributed by atoms with van der Waals surface area (Å²) in [7, 11) is -3.24. The lowest BCUT2D eigenvalue weighted by molar-refractivity contribution is -0.120. The molecule has 6 heteroatoms. The van der Waals surface area contributed by atoms with Gasteiger partial charge >= 0.3 is 0 Å². The molecule has 1 fully saturated rings. The molecule has 1 aromatic carbocycles. The number of rotatable bonds is 5. The molecule has 1 heterocycles. The van der Waals surface area contributed by atoms with Crippen molar-refractivity contribution >= 4 is 21.6 Å². The molecule has 1 atom stereocenters. The average Bonchev–Trinajstić information content (AvgIpc) is 2.54. The van der Waals surface area contributed by atoms with Gasteiger partial charge in [0.15, 0.2) is 0 Å². The van der Waals surface area contributed by atoms with Gasteiger partial charge in [0, 0.05) is 18.8 Å². The van der Waals surface area contributed by atoms with Crippen molar-refractivity contribution < 1.29 is 13.2 Å². The fraction of sp³-hybridized carbons (Fsp3) is 0.632. The Balaban J connectivity index is 2.01. The number of piperidine rings is 1. The molecule has 2 rings (SSSR count). The van der Waals surface area contributed by atoms with Crippen molar-refractivity contribution in [2.24, 2.45) is 5.92 Å². The first-order valence-electron chi connectivity index (χ1n) is 9.02. The Morgan fingerprint density at radius 3 is 2.44 bits per heavy atom. The minimum atomic E-state index is -3.24. The number of amides is 1. The summed E-state index contributed by atoms with van der Waals surface area (Å²) < 4.78 is 26.0. The Morgan fingerprint density at radius 2 is 1.88 bits per heavy atom. The van der Waals surface area contributed by atoms with E-state index in [0.29, 0.717) is 13.0 Å². The molecular weight excluding hydrogens is 336 g/mol. The molecular formula is C19H30N2O3S. The highest BCUT2D eigenvalue weighted by Crippen LogP contribution is 2.25. The van der Waals surface area contributed by atoms with Gasteiger partial charge in [0.2, 0.25) is 15.9 Å². The summed E-state index contributed by atoms with van der Waals surface area (Å²) in [4.78, 5) is 12.5. The zero-order chi connectivity index (χ0) is 18.7. The molecule has 1 unspecified atom stereocenters. The topological polar surface area (TPSA) is 66.5 Å². The third-order valence-electron chi connectivity index (χ3n) is 4.63. The molecule has 1 amide bonds.